The van der Waals surface area contributed by atoms with Crippen LogP contribution in [0.5, 0.6) is 0 Å². The fourth-order valence-corrected chi connectivity index (χ4v) is 3.09. The predicted octanol–water partition coefficient (Wildman–Crippen LogP) is 3.74. The average Bonchev–Trinajstić information content (AvgIpc) is 2.88. The van der Waals surface area contributed by atoms with E-state index in [0.717, 1.165) is 27.5 Å². The maximum absolute atomic E-state index is 9.29. The van der Waals surface area contributed by atoms with E-state index in [2.05, 4.69) is 35.8 Å². The van der Waals surface area contributed by atoms with E-state index in [9.17, 15) is 10.2 Å². The van der Waals surface area contributed by atoms with Gasteiger partial charge in [-0.05, 0) is 55.3 Å². The second kappa shape index (κ2) is 6.75. The van der Waals surface area contributed by atoms with E-state index >= 15 is 0 Å². The van der Waals surface area contributed by atoms with Crippen LogP contribution in [0.3, 0.4) is 0 Å². The molecular weight excluding hydrogens is 310 g/mol. The van der Waals surface area contributed by atoms with Crippen molar-refractivity contribution in [3.05, 3.63) is 64.8 Å². The van der Waals surface area contributed by atoms with Crippen molar-refractivity contribution in [3.8, 4) is 5.69 Å². The Labute approximate surface area is 140 Å². The van der Waals surface area contributed by atoms with Crippen LogP contribution in [0.25, 0.3) is 16.6 Å². The molecule has 0 fully saturated rings. The lowest BCUT2D eigenvalue weighted by Crippen LogP contribution is -2.13. The molecule has 23 heavy (non-hydrogen) atoms. The third kappa shape index (κ3) is 3.27. The molecule has 2 aromatic carbocycles. The Hall–Kier alpha value is -1.81. The molecule has 3 nitrogen and oxygen atoms in total. The van der Waals surface area contributed by atoms with Crippen LogP contribution in [0.15, 0.2) is 48.5 Å². The molecule has 1 aromatic heterocycles. The van der Waals surface area contributed by atoms with E-state index in [1.807, 2.05) is 24.3 Å². The SMILES string of the molecule is Cc1cc2ccc(CC(CO)CO)cc2n1-c1ccc(Cl)cc1. The van der Waals surface area contributed by atoms with Crippen LogP contribution < -0.4 is 0 Å². The minimum absolute atomic E-state index is 0.00817. The van der Waals surface area contributed by atoms with Gasteiger partial charge in [0.05, 0.1) is 5.52 Å². The lowest BCUT2D eigenvalue weighted by atomic mass is 10.00. The van der Waals surface area contributed by atoms with Crippen molar-refractivity contribution >= 4 is 22.5 Å². The quantitative estimate of drug-likeness (QED) is 0.749. The highest BCUT2D eigenvalue weighted by Crippen LogP contribution is 2.26. The summed E-state index contributed by atoms with van der Waals surface area (Å²) < 4.78 is 2.20. The zero-order valence-corrected chi connectivity index (χ0v) is 13.8. The molecule has 0 amide bonds. The summed E-state index contributed by atoms with van der Waals surface area (Å²) in [6.07, 6.45) is 0.661. The highest BCUT2D eigenvalue weighted by Gasteiger charge is 2.11. The smallest absolute Gasteiger partial charge is 0.0534 e. The van der Waals surface area contributed by atoms with E-state index in [0.29, 0.717) is 6.42 Å². The normalized spacial score (nSPS) is 11.5. The number of aliphatic hydroxyl groups is 2. The number of aromatic nitrogens is 1. The summed E-state index contributed by atoms with van der Waals surface area (Å²) in [6, 6.07) is 16.2. The molecular formula is C19H20ClNO2. The first-order valence-corrected chi connectivity index (χ1v) is 8.09. The van der Waals surface area contributed by atoms with Gasteiger partial charge in [0.25, 0.3) is 0 Å². The number of aliphatic hydroxyl groups excluding tert-OH is 2. The number of hydrogen-bond donors (Lipinski definition) is 2. The van der Waals surface area contributed by atoms with Gasteiger partial charge < -0.3 is 14.8 Å². The van der Waals surface area contributed by atoms with Crippen molar-refractivity contribution in [3.63, 3.8) is 0 Å². The van der Waals surface area contributed by atoms with Crippen LogP contribution >= 0.6 is 11.6 Å². The summed E-state index contributed by atoms with van der Waals surface area (Å²) in [4.78, 5) is 0. The number of aryl methyl sites for hydroxylation is 1. The van der Waals surface area contributed by atoms with Crippen LogP contribution in [0.4, 0.5) is 0 Å². The maximum Gasteiger partial charge on any atom is 0.0534 e. The van der Waals surface area contributed by atoms with E-state index < -0.39 is 0 Å². The molecule has 2 N–H and O–H groups in total. The van der Waals surface area contributed by atoms with Gasteiger partial charge in [-0.15, -0.1) is 0 Å². The van der Waals surface area contributed by atoms with Crippen LogP contribution in [0.2, 0.25) is 5.02 Å². The average molecular weight is 330 g/mol. The minimum atomic E-state index is -0.118. The first-order chi connectivity index (χ1) is 11.1. The molecule has 120 valence electrons. The highest BCUT2D eigenvalue weighted by atomic mass is 35.5. The second-order valence-corrected chi connectivity index (χ2v) is 6.36. The molecule has 0 bridgehead atoms. The van der Waals surface area contributed by atoms with Gasteiger partial charge in [-0.1, -0.05) is 23.7 Å². The van der Waals surface area contributed by atoms with E-state index in [-0.39, 0.29) is 19.1 Å². The number of halogens is 1. The molecule has 0 saturated heterocycles. The number of nitrogens with zero attached hydrogens (tertiary/aromatic N) is 1. The molecule has 0 aliphatic heterocycles. The topological polar surface area (TPSA) is 45.4 Å². The van der Waals surface area contributed by atoms with E-state index in [1.54, 1.807) is 0 Å². The number of hydrogen-bond acceptors (Lipinski definition) is 2. The molecule has 3 rings (SSSR count). The van der Waals surface area contributed by atoms with Gasteiger partial charge in [0.15, 0.2) is 0 Å². The molecule has 0 aliphatic carbocycles. The van der Waals surface area contributed by atoms with Crippen LogP contribution in [-0.2, 0) is 6.42 Å². The van der Waals surface area contributed by atoms with Gasteiger partial charge in [-0.2, -0.15) is 0 Å². The molecule has 0 aliphatic rings. The van der Waals surface area contributed by atoms with Gasteiger partial charge in [0.1, 0.15) is 0 Å². The molecule has 0 saturated carbocycles. The summed E-state index contributed by atoms with van der Waals surface area (Å²) >= 11 is 5.99. The highest BCUT2D eigenvalue weighted by molar-refractivity contribution is 6.30. The van der Waals surface area contributed by atoms with Crippen molar-refractivity contribution in [2.45, 2.75) is 13.3 Å². The van der Waals surface area contributed by atoms with Crippen molar-refractivity contribution in [1.29, 1.82) is 0 Å². The van der Waals surface area contributed by atoms with Crippen molar-refractivity contribution in [1.82, 2.24) is 4.57 Å². The summed E-state index contributed by atoms with van der Waals surface area (Å²) in [5, 5.41) is 20.5. The molecule has 1 heterocycles. The van der Waals surface area contributed by atoms with Crippen molar-refractivity contribution < 1.29 is 10.2 Å². The van der Waals surface area contributed by atoms with E-state index in [4.69, 9.17) is 11.6 Å². The third-order valence-electron chi connectivity index (χ3n) is 4.18. The fourth-order valence-electron chi connectivity index (χ4n) is 2.96. The Morgan fingerprint density at radius 2 is 1.70 bits per heavy atom. The minimum Gasteiger partial charge on any atom is -0.396 e. The number of fused-ring (bicyclic) bond motifs is 1. The Morgan fingerprint density at radius 1 is 1.00 bits per heavy atom. The van der Waals surface area contributed by atoms with Crippen LogP contribution in [-0.4, -0.2) is 28.0 Å². The number of benzene rings is 2. The summed E-state index contributed by atoms with van der Waals surface area (Å²) in [5.74, 6) is -0.118. The van der Waals surface area contributed by atoms with Crippen molar-refractivity contribution in [2.24, 2.45) is 5.92 Å². The molecule has 0 spiro atoms. The van der Waals surface area contributed by atoms with Gasteiger partial charge in [0, 0.05) is 40.9 Å². The predicted molar refractivity (Wildman–Crippen MR) is 94.4 cm³/mol. The van der Waals surface area contributed by atoms with Crippen molar-refractivity contribution in [2.75, 3.05) is 13.2 Å². The third-order valence-corrected chi connectivity index (χ3v) is 4.43. The Morgan fingerprint density at radius 3 is 2.35 bits per heavy atom. The lowest BCUT2D eigenvalue weighted by molar-refractivity contribution is 0.150. The number of rotatable bonds is 5. The fraction of sp³-hybridized carbons (Fsp3) is 0.263. The van der Waals surface area contributed by atoms with Gasteiger partial charge >= 0.3 is 0 Å². The van der Waals surface area contributed by atoms with Crippen LogP contribution in [0, 0.1) is 12.8 Å². The summed E-state index contributed by atoms with van der Waals surface area (Å²) in [7, 11) is 0. The summed E-state index contributed by atoms with van der Waals surface area (Å²) in [5.41, 5.74) is 4.45. The largest absolute Gasteiger partial charge is 0.396 e. The van der Waals surface area contributed by atoms with Gasteiger partial charge in [0.2, 0.25) is 0 Å². The molecule has 0 atom stereocenters. The summed E-state index contributed by atoms with van der Waals surface area (Å²) in [6.45, 7) is 2.07. The Balaban J connectivity index is 2.07. The molecule has 0 unspecified atom stereocenters. The Kier molecular flexibility index (Phi) is 4.71. The first kappa shape index (κ1) is 16.1. The van der Waals surface area contributed by atoms with Gasteiger partial charge in [-0.25, -0.2) is 0 Å². The van der Waals surface area contributed by atoms with E-state index in [1.165, 1.54) is 5.39 Å². The monoisotopic (exact) mass is 329 g/mol. The lowest BCUT2D eigenvalue weighted by Gasteiger charge is -2.12. The zero-order valence-electron chi connectivity index (χ0n) is 13.0. The zero-order chi connectivity index (χ0) is 16.4. The molecule has 4 heteroatoms. The Bertz CT molecular complexity index is 804. The van der Waals surface area contributed by atoms with Crippen LogP contribution in [0.1, 0.15) is 11.3 Å². The van der Waals surface area contributed by atoms with Gasteiger partial charge in [-0.3, -0.25) is 0 Å². The first-order valence-electron chi connectivity index (χ1n) is 7.71. The maximum atomic E-state index is 9.29. The second-order valence-electron chi connectivity index (χ2n) is 5.93. The molecule has 0 radical (unpaired) electrons. The standard InChI is InChI=1S/C19H20ClNO2/c1-13-8-16-3-2-14(9-15(11-22)12-23)10-19(16)21(13)18-6-4-17(20)5-7-18/h2-8,10,15,22-23H,9,11-12H2,1H3. The molecule has 3 aromatic rings.